The van der Waals surface area contributed by atoms with Gasteiger partial charge in [0.2, 0.25) is 0 Å². The van der Waals surface area contributed by atoms with Gasteiger partial charge in [-0.05, 0) is 55.7 Å². The Hall–Kier alpha value is -0.840. The van der Waals surface area contributed by atoms with Crippen LogP contribution in [-0.2, 0) is 6.54 Å². The average molecular weight is 322 g/mol. The van der Waals surface area contributed by atoms with Crippen LogP contribution in [0.5, 0.6) is 0 Å². The van der Waals surface area contributed by atoms with E-state index in [1.165, 1.54) is 36.9 Å². The highest BCUT2D eigenvalue weighted by Crippen LogP contribution is 2.34. The highest BCUT2D eigenvalue weighted by molar-refractivity contribution is 7.71. The molecule has 0 saturated heterocycles. The molecule has 2 heterocycles. The second-order valence-corrected chi connectivity index (χ2v) is 7.40. The number of imidazole rings is 1. The van der Waals surface area contributed by atoms with Crippen LogP contribution in [0.3, 0.4) is 0 Å². The van der Waals surface area contributed by atoms with Crippen LogP contribution in [0.4, 0.5) is 0 Å². The molecule has 2 aromatic rings. The molecule has 1 aliphatic carbocycles. The van der Waals surface area contributed by atoms with E-state index < -0.39 is 0 Å². The second kappa shape index (κ2) is 5.11. The number of halogens is 1. The largest absolute Gasteiger partial charge is 0.331 e. The van der Waals surface area contributed by atoms with Gasteiger partial charge in [0.1, 0.15) is 0 Å². The van der Waals surface area contributed by atoms with Crippen LogP contribution in [0.25, 0.3) is 11.0 Å². The first-order valence-corrected chi connectivity index (χ1v) is 8.55. The highest BCUT2D eigenvalue weighted by Gasteiger charge is 2.26. The van der Waals surface area contributed by atoms with Crippen molar-refractivity contribution in [1.82, 2.24) is 14.5 Å². The van der Waals surface area contributed by atoms with E-state index in [4.69, 9.17) is 23.8 Å². The minimum absolute atomic E-state index is 0.396. The fraction of sp³-hybridized carbons (Fsp3) is 0.562. The normalized spacial score (nSPS) is 22.7. The van der Waals surface area contributed by atoms with Crippen molar-refractivity contribution in [3.05, 3.63) is 27.5 Å². The molecule has 0 radical (unpaired) electrons. The molecule has 1 aromatic heterocycles. The van der Waals surface area contributed by atoms with E-state index in [9.17, 15) is 0 Å². The van der Waals surface area contributed by atoms with Crippen LogP contribution in [0.2, 0.25) is 5.02 Å². The molecule has 4 rings (SSSR count). The first-order chi connectivity index (χ1) is 10.1. The third-order valence-corrected chi connectivity index (χ3v) is 5.28. The number of benzene rings is 1. The van der Waals surface area contributed by atoms with E-state index in [0.717, 1.165) is 34.3 Å². The number of H-pyrrole nitrogens is 1. The van der Waals surface area contributed by atoms with Gasteiger partial charge in [0.15, 0.2) is 4.77 Å². The molecule has 1 aromatic carbocycles. The molecule has 1 atom stereocenters. The number of hydrogen-bond acceptors (Lipinski definition) is 2. The molecule has 5 heteroatoms. The fourth-order valence-electron chi connectivity index (χ4n) is 3.56. The van der Waals surface area contributed by atoms with Crippen molar-refractivity contribution in [2.24, 2.45) is 5.92 Å². The van der Waals surface area contributed by atoms with Crippen molar-refractivity contribution < 1.29 is 0 Å². The van der Waals surface area contributed by atoms with Gasteiger partial charge in [-0.1, -0.05) is 24.4 Å². The Kier molecular flexibility index (Phi) is 3.36. The van der Waals surface area contributed by atoms with Gasteiger partial charge in [0.05, 0.1) is 11.0 Å². The molecule has 0 spiro atoms. The van der Waals surface area contributed by atoms with Gasteiger partial charge in [-0.15, -0.1) is 0 Å². The number of hydrogen-bond donors (Lipinski definition) is 1. The first-order valence-electron chi connectivity index (χ1n) is 7.77. The summed E-state index contributed by atoms with van der Waals surface area (Å²) < 4.78 is 3.08. The summed E-state index contributed by atoms with van der Waals surface area (Å²) in [4.78, 5) is 5.87. The maximum absolute atomic E-state index is 6.28. The minimum Gasteiger partial charge on any atom is -0.331 e. The Morgan fingerprint density at radius 3 is 2.95 bits per heavy atom. The summed E-state index contributed by atoms with van der Waals surface area (Å²) >= 11 is 11.8. The van der Waals surface area contributed by atoms with Crippen LogP contribution in [0.15, 0.2) is 12.1 Å². The zero-order valence-electron chi connectivity index (χ0n) is 12.2. The Labute approximate surface area is 134 Å². The summed E-state index contributed by atoms with van der Waals surface area (Å²) in [5.41, 5.74) is 3.61. The van der Waals surface area contributed by atoms with Gasteiger partial charge >= 0.3 is 0 Å². The third kappa shape index (κ3) is 2.54. The van der Waals surface area contributed by atoms with Gasteiger partial charge in [-0.25, -0.2) is 0 Å². The molecule has 1 N–H and O–H groups in total. The predicted octanol–water partition coefficient (Wildman–Crippen LogP) is 4.53. The topological polar surface area (TPSA) is 24.0 Å². The smallest absolute Gasteiger partial charge is 0.178 e. The molecule has 0 amide bonds. The van der Waals surface area contributed by atoms with Crippen LogP contribution in [0.1, 0.15) is 37.8 Å². The molecule has 1 saturated carbocycles. The van der Waals surface area contributed by atoms with Crippen molar-refractivity contribution in [2.45, 2.75) is 38.8 Å². The zero-order chi connectivity index (χ0) is 14.6. The maximum atomic E-state index is 6.28. The second-order valence-electron chi connectivity index (χ2n) is 6.58. The number of aromatic amines is 1. The lowest BCUT2D eigenvalue weighted by atomic mass is 10.1. The molecule has 3 nitrogen and oxygen atoms in total. The monoisotopic (exact) mass is 321 g/mol. The Morgan fingerprint density at radius 1 is 1.38 bits per heavy atom. The van der Waals surface area contributed by atoms with Crippen molar-refractivity contribution in [1.29, 1.82) is 0 Å². The molecule has 21 heavy (non-hydrogen) atoms. The van der Waals surface area contributed by atoms with E-state index in [1.807, 2.05) is 6.07 Å². The molecule has 1 aliphatic heterocycles. The van der Waals surface area contributed by atoms with Gasteiger partial charge in [0.25, 0.3) is 0 Å². The molecule has 112 valence electrons. The van der Waals surface area contributed by atoms with Crippen LogP contribution >= 0.6 is 23.8 Å². The Morgan fingerprint density at radius 2 is 2.19 bits per heavy atom. The van der Waals surface area contributed by atoms with Gasteiger partial charge in [0, 0.05) is 24.2 Å². The Bertz CT molecular complexity index is 744. The first kappa shape index (κ1) is 13.8. The zero-order valence-corrected chi connectivity index (χ0v) is 13.8. The van der Waals surface area contributed by atoms with Crippen molar-refractivity contribution in [3.63, 3.8) is 0 Å². The fourth-order valence-corrected chi connectivity index (χ4v) is 4.18. The molecule has 1 fully saturated rings. The third-order valence-electron chi connectivity index (χ3n) is 4.76. The summed E-state index contributed by atoms with van der Waals surface area (Å²) in [6.45, 7) is 5.47. The van der Waals surface area contributed by atoms with Crippen molar-refractivity contribution in [2.75, 3.05) is 13.1 Å². The van der Waals surface area contributed by atoms with E-state index in [2.05, 4.69) is 27.4 Å². The summed E-state index contributed by atoms with van der Waals surface area (Å²) in [6, 6.07) is 4.48. The molecular formula is C16H20ClN3S. The lowest BCUT2D eigenvalue weighted by Gasteiger charge is -2.23. The number of nitrogens with zero attached hydrogens (tertiary/aromatic N) is 2. The van der Waals surface area contributed by atoms with Gasteiger partial charge in [-0.2, -0.15) is 0 Å². The minimum atomic E-state index is 0.396. The van der Waals surface area contributed by atoms with Crippen LogP contribution in [-0.4, -0.2) is 27.5 Å². The Balaban J connectivity index is 1.75. The number of rotatable bonds is 3. The molecular weight excluding hydrogens is 302 g/mol. The van der Waals surface area contributed by atoms with Crippen molar-refractivity contribution in [3.8, 4) is 0 Å². The predicted molar refractivity (Wildman–Crippen MR) is 89.5 cm³/mol. The van der Waals surface area contributed by atoms with Crippen LogP contribution in [0, 0.1) is 10.7 Å². The molecule has 2 aliphatic rings. The lowest BCUT2D eigenvalue weighted by molar-refractivity contribution is 0.232. The highest BCUT2D eigenvalue weighted by atomic mass is 35.5. The number of nitrogens with one attached hydrogen (secondary N) is 1. The van der Waals surface area contributed by atoms with Crippen LogP contribution < -0.4 is 0 Å². The maximum Gasteiger partial charge on any atom is 0.178 e. The van der Waals surface area contributed by atoms with E-state index in [0.29, 0.717) is 6.04 Å². The van der Waals surface area contributed by atoms with E-state index in [-0.39, 0.29) is 0 Å². The van der Waals surface area contributed by atoms with Gasteiger partial charge < -0.3 is 9.55 Å². The number of aromatic nitrogens is 2. The van der Waals surface area contributed by atoms with Crippen molar-refractivity contribution >= 4 is 34.9 Å². The van der Waals surface area contributed by atoms with Gasteiger partial charge in [-0.3, -0.25) is 4.90 Å². The standard InChI is InChI=1S/C16H20ClN3S/c1-10-8-19(5-4-11-2-3-11)9-12-6-13(17)7-14-15(12)20(10)16(21)18-14/h6-7,10-11H,2-5,8-9H2,1H3,(H,18,21)/t10-/m0/s1. The summed E-state index contributed by atoms with van der Waals surface area (Å²) in [5.74, 6) is 0.977. The average Bonchev–Trinajstić information content (AvgIpc) is 3.18. The summed E-state index contributed by atoms with van der Waals surface area (Å²) in [6.07, 6.45) is 4.18. The van der Waals surface area contributed by atoms with E-state index in [1.54, 1.807) is 0 Å². The quantitative estimate of drug-likeness (QED) is 0.840. The lowest BCUT2D eigenvalue weighted by Crippen LogP contribution is -2.28. The SMILES string of the molecule is C[C@H]1CN(CCC2CC2)Cc2cc(Cl)cc3[nH]c(=S)n1c23. The summed E-state index contributed by atoms with van der Waals surface area (Å²) in [5, 5.41) is 0.789. The molecule has 0 unspecified atom stereocenters. The van der Waals surface area contributed by atoms with E-state index >= 15 is 0 Å². The summed E-state index contributed by atoms with van der Waals surface area (Å²) in [7, 11) is 0. The molecule has 0 bridgehead atoms.